The van der Waals surface area contributed by atoms with Crippen LogP contribution in [0.3, 0.4) is 0 Å². The Kier molecular flexibility index (Phi) is 5.81. The monoisotopic (exact) mass is 614 g/mol. The van der Waals surface area contributed by atoms with E-state index in [2.05, 4.69) is 144 Å². The Labute approximate surface area is 275 Å². The molecule has 7 aromatic carbocycles. The van der Waals surface area contributed by atoms with Gasteiger partial charge in [-0.25, -0.2) is 15.0 Å². The van der Waals surface area contributed by atoms with Crippen LogP contribution >= 0.6 is 0 Å². The second-order valence-electron chi connectivity index (χ2n) is 12.1. The van der Waals surface area contributed by atoms with Crippen LogP contribution in [0.4, 0.5) is 0 Å². The lowest BCUT2D eigenvalue weighted by Crippen LogP contribution is -2.00. The molecule has 5 heteroatoms. The average molecular weight is 615 g/mol. The normalized spacial score (nSPS) is 11.8. The van der Waals surface area contributed by atoms with Crippen LogP contribution in [0.15, 0.2) is 162 Å². The number of aromatic nitrogens is 4. The van der Waals surface area contributed by atoms with Crippen LogP contribution in [0.1, 0.15) is 0 Å². The molecule has 0 aliphatic carbocycles. The summed E-state index contributed by atoms with van der Waals surface area (Å²) in [4.78, 5) is 15.2. The molecule has 0 saturated carbocycles. The summed E-state index contributed by atoms with van der Waals surface area (Å²) < 4.78 is 8.73. The molecule has 3 heterocycles. The van der Waals surface area contributed by atoms with Crippen LogP contribution in [0.5, 0.6) is 0 Å². The zero-order chi connectivity index (χ0) is 31.6. The average Bonchev–Trinajstić information content (AvgIpc) is 3.69. The highest BCUT2D eigenvalue weighted by Gasteiger charge is 2.20. The van der Waals surface area contributed by atoms with Crippen molar-refractivity contribution in [3.05, 3.63) is 158 Å². The Balaban J connectivity index is 1.19. The highest BCUT2D eigenvalue weighted by atomic mass is 16.3. The van der Waals surface area contributed by atoms with Gasteiger partial charge < -0.3 is 4.42 Å². The summed E-state index contributed by atoms with van der Waals surface area (Å²) in [6.07, 6.45) is 0. The van der Waals surface area contributed by atoms with E-state index in [1.807, 2.05) is 18.2 Å². The van der Waals surface area contributed by atoms with E-state index in [1.54, 1.807) is 0 Å². The summed E-state index contributed by atoms with van der Waals surface area (Å²) in [5.41, 5.74) is 8.69. The molecule has 0 aliphatic rings. The Morgan fingerprint density at radius 3 is 1.58 bits per heavy atom. The van der Waals surface area contributed by atoms with E-state index in [0.717, 1.165) is 66.3 Å². The molecule has 48 heavy (non-hydrogen) atoms. The first-order valence-corrected chi connectivity index (χ1v) is 16.0. The third-order valence-corrected chi connectivity index (χ3v) is 9.20. The predicted molar refractivity (Wildman–Crippen MR) is 195 cm³/mol. The van der Waals surface area contributed by atoms with Crippen molar-refractivity contribution >= 4 is 49.3 Å². The van der Waals surface area contributed by atoms with Crippen LogP contribution in [0.2, 0.25) is 0 Å². The molecule has 10 rings (SSSR count). The Morgan fingerprint density at radius 2 is 0.917 bits per heavy atom. The van der Waals surface area contributed by atoms with Gasteiger partial charge in [-0.15, -0.1) is 0 Å². The van der Waals surface area contributed by atoms with E-state index in [4.69, 9.17) is 19.4 Å². The zero-order valence-corrected chi connectivity index (χ0v) is 25.7. The van der Waals surface area contributed by atoms with Crippen molar-refractivity contribution in [2.24, 2.45) is 0 Å². The first-order chi connectivity index (χ1) is 23.8. The van der Waals surface area contributed by atoms with Crippen molar-refractivity contribution in [1.82, 2.24) is 19.4 Å². The van der Waals surface area contributed by atoms with E-state index >= 15 is 0 Å². The SMILES string of the molecule is c1cc(-c2nc(-c3ccc4ccccc4c3)nc(-c3ccc4ccccc4c3)n2)cc(-c2c3ccccc3n3c2oc2ccccc23)c1. The van der Waals surface area contributed by atoms with Gasteiger partial charge in [-0.05, 0) is 63.5 Å². The van der Waals surface area contributed by atoms with E-state index in [0.29, 0.717) is 17.5 Å². The summed E-state index contributed by atoms with van der Waals surface area (Å²) in [5.74, 6) is 1.88. The fraction of sp³-hybridized carbons (Fsp3) is 0. The second-order valence-corrected chi connectivity index (χ2v) is 12.1. The topological polar surface area (TPSA) is 56.2 Å². The minimum atomic E-state index is 0.613. The van der Waals surface area contributed by atoms with Crippen LogP contribution < -0.4 is 0 Å². The maximum atomic E-state index is 6.51. The lowest BCUT2D eigenvalue weighted by molar-refractivity contribution is 0.658. The molecule has 0 amide bonds. The highest BCUT2D eigenvalue weighted by molar-refractivity contribution is 6.07. The van der Waals surface area contributed by atoms with E-state index in [-0.39, 0.29) is 0 Å². The number of hydrogen-bond donors (Lipinski definition) is 0. The minimum absolute atomic E-state index is 0.613. The molecule has 0 fully saturated rings. The summed E-state index contributed by atoms with van der Waals surface area (Å²) in [6.45, 7) is 0. The molecule has 0 saturated heterocycles. The van der Waals surface area contributed by atoms with Gasteiger partial charge in [0.05, 0.1) is 16.6 Å². The third kappa shape index (κ3) is 4.22. The quantitative estimate of drug-likeness (QED) is 0.198. The molecular weight excluding hydrogens is 589 g/mol. The van der Waals surface area contributed by atoms with Gasteiger partial charge in [0.25, 0.3) is 0 Å². The lowest BCUT2D eigenvalue weighted by atomic mass is 10.0. The number of fused-ring (bicyclic) bond motifs is 7. The van der Waals surface area contributed by atoms with Gasteiger partial charge in [-0.1, -0.05) is 121 Å². The van der Waals surface area contributed by atoms with Gasteiger partial charge in [-0.3, -0.25) is 4.40 Å². The first kappa shape index (κ1) is 26.6. The summed E-state index contributed by atoms with van der Waals surface area (Å²) in [7, 11) is 0. The van der Waals surface area contributed by atoms with Crippen molar-refractivity contribution in [3.8, 4) is 45.3 Å². The predicted octanol–water partition coefficient (Wildman–Crippen LogP) is 11.0. The molecule has 0 bridgehead atoms. The van der Waals surface area contributed by atoms with E-state index < -0.39 is 0 Å². The number of nitrogens with zero attached hydrogens (tertiary/aromatic N) is 4. The van der Waals surface area contributed by atoms with Gasteiger partial charge in [0.2, 0.25) is 5.71 Å². The molecule has 3 aromatic heterocycles. The van der Waals surface area contributed by atoms with Crippen LogP contribution in [0.25, 0.3) is 94.6 Å². The maximum absolute atomic E-state index is 6.51. The van der Waals surface area contributed by atoms with Gasteiger partial charge in [0.1, 0.15) is 0 Å². The summed E-state index contributed by atoms with van der Waals surface area (Å²) >= 11 is 0. The van der Waals surface area contributed by atoms with Crippen molar-refractivity contribution in [2.75, 3.05) is 0 Å². The number of para-hydroxylation sites is 3. The van der Waals surface area contributed by atoms with Gasteiger partial charge in [0, 0.05) is 22.1 Å². The third-order valence-electron chi connectivity index (χ3n) is 9.20. The molecule has 0 radical (unpaired) electrons. The molecule has 0 spiro atoms. The highest BCUT2D eigenvalue weighted by Crippen LogP contribution is 2.40. The fourth-order valence-corrected chi connectivity index (χ4v) is 6.90. The van der Waals surface area contributed by atoms with Crippen LogP contribution in [0, 0.1) is 0 Å². The molecule has 224 valence electrons. The van der Waals surface area contributed by atoms with Crippen molar-refractivity contribution < 1.29 is 4.42 Å². The Hall–Kier alpha value is -6.59. The molecular formula is C43H26N4O. The number of hydrogen-bond acceptors (Lipinski definition) is 4. The van der Waals surface area contributed by atoms with Crippen molar-refractivity contribution in [3.63, 3.8) is 0 Å². The maximum Gasteiger partial charge on any atom is 0.213 e. The van der Waals surface area contributed by atoms with E-state index in [9.17, 15) is 0 Å². The van der Waals surface area contributed by atoms with Gasteiger partial charge >= 0.3 is 0 Å². The largest absolute Gasteiger partial charge is 0.438 e. The molecule has 5 nitrogen and oxygen atoms in total. The molecule has 10 aromatic rings. The van der Waals surface area contributed by atoms with Crippen LogP contribution in [-0.4, -0.2) is 19.4 Å². The standard InChI is InChI=1S/C43H26N4O/c1-3-12-29-24-33(22-20-27(29)10-1)41-44-40(45-42(46-41)34-23-21-28-11-2-4-13-30(28)25-34)32-15-9-14-31(26-32)39-35-16-5-6-17-36(35)47-37-18-7-8-19-38(37)48-43(39)47/h1-26H. The number of benzene rings is 7. The van der Waals surface area contributed by atoms with Gasteiger partial charge in [0.15, 0.2) is 23.1 Å². The molecule has 0 unspecified atom stereocenters. The lowest BCUT2D eigenvalue weighted by Gasteiger charge is -2.10. The number of oxazole rings is 1. The second kappa shape index (κ2) is 10.5. The Bertz CT molecular complexity index is 2770. The molecule has 0 N–H and O–H groups in total. The fourth-order valence-electron chi connectivity index (χ4n) is 6.90. The zero-order valence-electron chi connectivity index (χ0n) is 25.7. The molecule has 0 aliphatic heterocycles. The van der Waals surface area contributed by atoms with E-state index in [1.165, 1.54) is 10.8 Å². The molecule has 0 atom stereocenters. The van der Waals surface area contributed by atoms with Gasteiger partial charge in [-0.2, -0.15) is 0 Å². The number of rotatable bonds is 4. The summed E-state index contributed by atoms with van der Waals surface area (Å²) in [5, 5.41) is 5.76. The Morgan fingerprint density at radius 1 is 0.396 bits per heavy atom. The smallest absolute Gasteiger partial charge is 0.213 e. The van der Waals surface area contributed by atoms with Crippen LogP contribution in [-0.2, 0) is 0 Å². The van der Waals surface area contributed by atoms with Crippen molar-refractivity contribution in [2.45, 2.75) is 0 Å². The first-order valence-electron chi connectivity index (χ1n) is 16.0. The van der Waals surface area contributed by atoms with Crippen molar-refractivity contribution in [1.29, 1.82) is 0 Å². The summed E-state index contributed by atoms with van der Waals surface area (Å²) in [6, 6.07) is 54.5. The minimum Gasteiger partial charge on any atom is -0.438 e.